The molecule has 0 aromatic heterocycles. The van der Waals surface area contributed by atoms with E-state index in [1.54, 1.807) is 0 Å². The van der Waals surface area contributed by atoms with Gasteiger partial charge in [0.15, 0.2) is 0 Å². The third kappa shape index (κ3) is 1.69. The summed E-state index contributed by atoms with van der Waals surface area (Å²) in [5.74, 6) is 0.626. The topological polar surface area (TPSA) is 12.0 Å². The Labute approximate surface area is 77.6 Å². The molecule has 1 aromatic carbocycles. The third-order valence-electron chi connectivity index (χ3n) is 2.17. The fourth-order valence-corrected chi connectivity index (χ4v) is 2.70. The number of benzene rings is 1. The highest BCUT2D eigenvalue weighted by Gasteiger charge is 2.06. The van der Waals surface area contributed by atoms with Gasteiger partial charge >= 0.3 is 0 Å². The summed E-state index contributed by atoms with van der Waals surface area (Å²) in [7, 11) is 3.12. The van der Waals surface area contributed by atoms with Crippen LogP contribution in [0.2, 0.25) is 0 Å². The minimum absolute atomic E-state index is 0.626. The molecule has 0 aliphatic rings. The van der Waals surface area contributed by atoms with Gasteiger partial charge in [-0.25, -0.2) is 0 Å². The van der Waals surface area contributed by atoms with Crippen molar-refractivity contribution in [1.82, 2.24) is 0 Å². The Morgan fingerprint density at radius 1 is 1.33 bits per heavy atom. The molecule has 0 fully saturated rings. The van der Waals surface area contributed by atoms with Crippen LogP contribution in [0.25, 0.3) is 0 Å². The van der Waals surface area contributed by atoms with Gasteiger partial charge in [-0.1, -0.05) is 31.2 Å². The van der Waals surface area contributed by atoms with Crippen molar-refractivity contribution in [2.45, 2.75) is 19.8 Å². The van der Waals surface area contributed by atoms with Gasteiger partial charge in [0.25, 0.3) is 0 Å². The quantitative estimate of drug-likeness (QED) is 0.664. The Bertz CT molecular complexity index is 269. The summed E-state index contributed by atoms with van der Waals surface area (Å²) >= 11 is 0. The van der Waals surface area contributed by atoms with Crippen molar-refractivity contribution in [2.24, 2.45) is 0 Å². The van der Waals surface area contributed by atoms with Crippen LogP contribution >= 0.6 is 0 Å². The SMILES string of the molecule is CNc1cccc([SiH3])c1C(C)C. The lowest BCUT2D eigenvalue weighted by Crippen LogP contribution is -2.13. The van der Waals surface area contributed by atoms with E-state index in [0.29, 0.717) is 5.92 Å². The van der Waals surface area contributed by atoms with Crippen LogP contribution in [-0.2, 0) is 0 Å². The summed E-state index contributed by atoms with van der Waals surface area (Å²) in [6.45, 7) is 4.50. The van der Waals surface area contributed by atoms with Gasteiger partial charge in [-0.3, -0.25) is 0 Å². The molecule has 1 rings (SSSR count). The number of nitrogens with one attached hydrogen (secondary N) is 1. The molecule has 0 heterocycles. The Morgan fingerprint density at radius 3 is 2.42 bits per heavy atom. The van der Waals surface area contributed by atoms with Crippen LogP contribution in [0.5, 0.6) is 0 Å². The zero-order valence-electron chi connectivity index (χ0n) is 8.31. The molecule has 0 saturated heterocycles. The van der Waals surface area contributed by atoms with Gasteiger partial charge in [0.1, 0.15) is 0 Å². The van der Waals surface area contributed by atoms with Gasteiger partial charge in [0, 0.05) is 23.0 Å². The summed E-state index contributed by atoms with van der Waals surface area (Å²) in [4.78, 5) is 0. The molecule has 0 bridgehead atoms. The minimum Gasteiger partial charge on any atom is -0.388 e. The van der Waals surface area contributed by atoms with E-state index in [0.717, 1.165) is 10.2 Å². The van der Waals surface area contributed by atoms with Gasteiger partial charge < -0.3 is 5.32 Å². The third-order valence-corrected chi connectivity index (χ3v) is 3.04. The van der Waals surface area contributed by atoms with Gasteiger partial charge in [-0.15, -0.1) is 0 Å². The van der Waals surface area contributed by atoms with E-state index in [-0.39, 0.29) is 0 Å². The average molecular weight is 179 g/mol. The Kier molecular flexibility index (Phi) is 2.92. The average Bonchev–Trinajstić information content (AvgIpc) is 2.03. The summed E-state index contributed by atoms with van der Waals surface area (Å²) < 4.78 is 0. The normalized spacial score (nSPS) is 10.7. The first-order valence-electron chi connectivity index (χ1n) is 4.44. The second kappa shape index (κ2) is 3.76. The zero-order chi connectivity index (χ0) is 9.14. The molecule has 0 radical (unpaired) electrons. The highest BCUT2D eigenvalue weighted by Crippen LogP contribution is 2.20. The van der Waals surface area contributed by atoms with E-state index in [1.807, 2.05) is 7.05 Å². The molecule has 66 valence electrons. The van der Waals surface area contributed by atoms with Crippen LogP contribution in [0.1, 0.15) is 25.3 Å². The molecular weight excluding hydrogens is 162 g/mol. The number of hydrogen-bond acceptors (Lipinski definition) is 1. The van der Waals surface area contributed by atoms with Crippen LogP contribution in [0.3, 0.4) is 0 Å². The minimum atomic E-state index is 0.626. The molecule has 0 aliphatic carbocycles. The van der Waals surface area contributed by atoms with Crippen molar-refractivity contribution in [1.29, 1.82) is 0 Å². The van der Waals surface area contributed by atoms with Gasteiger partial charge in [-0.2, -0.15) is 0 Å². The van der Waals surface area contributed by atoms with Crippen molar-refractivity contribution in [3.63, 3.8) is 0 Å². The van der Waals surface area contributed by atoms with Crippen molar-refractivity contribution in [3.8, 4) is 0 Å². The van der Waals surface area contributed by atoms with E-state index in [4.69, 9.17) is 0 Å². The molecule has 0 saturated carbocycles. The van der Waals surface area contributed by atoms with Crippen LogP contribution in [-0.4, -0.2) is 17.3 Å². The van der Waals surface area contributed by atoms with Crippen LogP contribution in [0, 0.1) is 0 Å². The number of rotatable bonds is 2. The summed E-state index contributed by atoms with van der Waals surface area (Å²) in [5, 5.41) is 4.75. The molecule has 0 aliphatic heterocycles. The maximum Gasteiger partial charge on any atom is 0.0389 e. The molecular formula is C10H17NSi. The molecule has 0 unspecified atom stereocenters. The van der Waals surface area contributed by atoms with Crippen molar-refractivity contribution in [3.05, 3.63) is 23.8 Å². The lowest BCUT2D eigenvalue weighted by molar-refractivity contribution is 0.875. The van der Waals surface area contributed by atoms with Crippen molar-refractivity contribution < 1.29 is 0 Å². The highest BCUT2D eigenvalue weighted by atomic mass is 28.1. The fraction of sp³-hybridized carbons (Fsp3) is 0.400. The number of hydrogen-bond donors (Lipinski definition) is 1. The molecule has 12 heavy (non-hydrogen) atoms. The van der Waals surface area contributed by atoms with E-state index in [2.05, 4.69) is 37.4 Å². The largest absolute Gasteiger partial charge is 0.388 e. The Morgan fingerprint density at radius 2 is 2.00 bits per heavy atom. The van der Waals surface area contributed by atoms with Gasteiger partial charge in [0.2, 0.25) is 0 Å². The van der Waals surface area contributed by atoms with Crippen molar-refractivity contribution >= 4 is 21.1 Å². The maximum absolute atomic E-state index is 3.24. The molecule has 1 nitrogen and oxygen atoms in total. The van der Waals surface area contributed by atoms with E-state index >= 15 is 0 Å². The van der Waals surface area contributed by atoms with Gasteiger partial charge in [0.05, 0.1) is 0 Å². The molecule has 1 aromatic rings. The first kappa shape index (κ1) is 9.33. The first-order chi connectivity index (χ1) is 5.66. The van der Waals surface area contributed by atoms with Crippen LogP contribution < -0.4 is 10.5 Å². The molecule has 1 N–H and O–H groups in total. The molecule has 0 spiro atoms. The summed E-state index contributed by atoms with van der Waals surface area (Å²) in [6.07, 6.45) is 0. The Balaban J connectivity index is 3.20. The monoisotopic (exact) mass is 179 g/mol. The standard InChI is InChI=1S/C10H17NSi/c1-7(2)10-8(11-3)5-4-6-9(10)12/h4-7,11H,1-3,12H3. The lowest BCUT2D eigenvalue weighted by Gasteiger charge is -2.15. The van der Waals surface area contributed by atoms with Crippen LogP contribution in [0.15, 0.2) is 18.2 Å². The second-order valence-electron chi connectivity index (χ2n) is 3.44. The fourth-order valence-electron chi connectivity index (χ4n) is 1.67. The number of anilines is 1. The zero-order valence-corrected chi connectivity index (χ0v) is 10.3. The Hall–Kier alpha value is -0.763. The van der Waals surface area contributed by atoms with E-state index < -0.39 is 0 Å². The lowest BCUT2D eigenvalue weighted by atomic mass is 10.0. The highest BCUT2D eigenvalue weighted by molar-refractivity contribution is 6.33. The van der Waals surface area contributed by atoms with E-state index in [1.165, 1.54) is 16.4 Å². The van der Waals surface area contributed by atoms with E-state index in [9.17, 15) is 0 Å². The summed E-state index contributed by atoms with van der Waals surface area (Å²) in [6, 6.07) is 6.50. The molecule has 2 heteroatoms. The smallest absolute Gasteiger partial charge is 0.0389 e. The van der Waals surface area contributed by atoms with Crippen molar-refractivity contribution in [2.75, 3.05) is 12.4 Å². The molecule has 0 atom stereocenters. The predicted molar refractivity (Wildman–Crippen MR) is 59.7 cm³/mol. The van der Waals surface area contributed by atoms with Crippen LogP contribution in [0.4, 0.5) is 5.69 Å². The maximum atomic E-state index is 3.24. The predicted octanol–water partition coefficient (Wildman–Crippen LogP) is 0.842. The van der Waals surface area contributed by atoms with Gasteiger partial charge in [-0.05, 0) is 17.5 Å². The second-order valence-corrected chi connectivity index (χ2v) is 4.52. The summed E-state index contributed by atoms with van der Waals surface area (Å²) in [5.41, 5.74) is 2.78. The molecule has 0 amide bonds. The first-order valence-corrected chi connectivity index (χ1v) is 5.44.